The molecule has 0 spiro atoms. The number of nitrogens with one attached hydrogen (secondary N) is 1. The highest BCUT2D eigenvalue weighted by molar-refractivity contribution is 9.10. The van der Waals surface area contributed by atoms with E-state index in [0.29, 0.717) is 17.8 Å². The zero-order valence-electron chi connectivity index (χ0n) is 13.6. The molecular formula is C19H16BrN3O2. The third-order valence-corrected chi connectivity index (χ3v) is 4.72. The number of carbonyl (C=O) groups excluding carboxylic acids is 2. The summed E-state index contributed by atoms with van der Waals surface area (Å²) in [6.45, 7) is 2.23. The molecule has 0 radical (unpaired) electrons. The van der Waals surface area contributed by atoms with Crippen LogP contribution in [0, 0.1) is 24.2 Å². The van der Waals surface area contributed by atoms with Gasteiger partial charge in [0.25, 0.3) is 0 Å². The fourth-order valence-corrected chi connectivity index (χ4v) is 3.35. The standard InChI is InChI=1S/C19H16BrN3O2/c1-12-7-15(20)5-6-17(12)22-19(25)14-9-18(24)23(11-14)16-4-2-3-13(8-16)10-21/h2-8,14H,9,11H2,1H3,(H,22,25). The van der Waals surface area contributed by atoms with Crippen LogP contribution in [0.25, 0.3) is 0 Å². The maximum absolute atomic E-state index is 12.5. The number of anilines is 2. The van der Waals surface area contributed by atoms with Crippen LogP contribution in [0.3, 0.4) is 0 Å². The number of amides is 2. The predicted molar refractivity (Wildman–Crippen MR) is 99.1 cm³/mol. The van der Waals surface area contributed by atoms with Gasteiger partial charge in [0.2, 0.25) is 11.8 Å². The number of nitriles is 1. The van der Waals surface area contributed by atoms with Crippen molar-refractivity contribution in [1.29, 1.82) is 5.26 Å². The van der Waals surface area contributed by atoms with Gasteiger partial charge in [0.15, 0.2) is 0 Å². The van der Waals surface area contributed by atoms with E-state index < -0.39 is 5.92 Å². The maximum Gasteiger partial charge on any atom is 0.229 e. The minimum absolute atomic E-state index is 0.109. The summed E-state index contributed by atoms with van der Waals surface area (Å²) >= 11 is 3.40. The molecule has 6 heteroatoms. The minimum atomic E-state index is -0.415. The Kier molecular flexibility index (Phi) is 4.86. The second-order valence-electron chi connectivity index (χ2n) is 6.02. The Bertz CT molecular complexity index is 888. The van der Waals surface area contributed by atoms with Crippen molar-refractivity contribution < 1.29 is 9.59 Å². The van der Waals surface area contributed by atoms with E-state index in [9.17, 15) is 9.59 Å². The van der Waals surface area contributed by atoms with Crippen LogP contribution in [0.1, 0.15) is 17.5 Å². The Morgan fingerprint density at radius 1 is 1.32 bits per heavy atom. The highest BCUT2D eigenvalue weighted by atomic mass is 79.9. The molecule has 1 saturated heterocycles. The van der Waals surface area contributed by atoms with Crippen molar-refractivity contribution in [3.05, 3.63) is 58.1 Å². The molecule has 1 atom stereocenters. The van der Waals surface area contributed by atoms with E-state index in [1.54, 1.807) is 29.2 Å². The fraction of sp³-hybridized carbons (Fsp3) is 0.211. The molecule has 2 aromatic rings. The summed E-state index contributed by atoms with van der Waals surface area (Å²) in [5.41, 5.74) is 2.83. The van der Waals surface area contributed by atoms with E-state index in [-0.39, 0.29) is 18.2 Å². The maximum atomic E-state index is 12.5. The van der Waals surface area contributed by atoms with Crippen LogP contribution in [0.5, 0.6) is 0 Å². The molecule has 0 aromatic heterocycles. The molecule has 1 aliphatic heterocycles. The number of benzene rings is 2. The van der Waals surface area contributed by atoms with E-state index >= 15 is 0 Å². The lowest BCUT2D eigenvalue weighted by atomic mass is 10.1. The zero-order valence-corrected chi connectivity index (χ0v) is 15.2. The van der Waals surface area contributed by atoms with E-state index in [2.05, 4.69) is 27.3 Å². The van der Waals surface area contributed by atoms with E-state index in [1.165, 1.54) is 0 Å². The molecule has 5 nitrogen and oxygen atoms in total. The lowest BCUT2D eigenvalue weighted by molar-refractivity contribution is -0.122. The van der Waals surface area contributed by atoms with Crippen LogP contribution in [0.15, 0.2) is 46.9 Å². The molecule has 3 rings (SSSR count). The van der Waals surface area contributed by atoms with Gasteiger partial charge in [-0.2, -0.15) is 5.26 Å². The van der Waals surface area contributed by atoms with Gasteiger partial charge in [-0.1, -0.05) is 22.0 Å². The Balaban J connectivity index is 1.73. The molecule has 0 saturated carbocycles. The summed E-state index contributed by atoms with van der Waals surface area (Å²) in [4.78, 5) is 26.4. The number of rotatable bonds is 3. The van der Waals surface area contributed by atoms with Crippen LogP contribution >= 0.6 is 15.9 Å². The molecule has 126 valence electrons. The van der Waals surface area contributed by atoms with Gasteiger partial charge in [0.05, 0.1) is 17.6 Å². The summed E-state index contributed by atoms with van der Waals surface area (Å²) in [5, 5.41) is 11.9. The molecule has 25 heavy (non-hydrogen) atoms. The first-order chi connectivity index (χ1) is 12.0. The largest absolute Gasteiger partial charge is 0.326 e. The summed E-state index contributed by atoms with van der Waals surface area (Å²) in [6, 6.07) is 14.5. The molecule has 2 amide bonds. The number of hydrogen-bond donors (Lipinski definition) is 1. The van der Waals surface area contributed by atoms with Crippen molar-refractivity contribution in [1.82, 2.24) is 0 Å². The average molecular weight is 398 g/mol. The molecule has 1 unspecified atom stereocenters. The topological polar surface area (TPSA) is 73.2 Å². The predicted octanol–water partition coefficient (Wildman–Crippen LogP) is 3.62. The Morgan fingerprint density at radius 3 is 2.84 bits per heavy atom. The van der Waals surface area contributed by atoms with Crippen LogP contribution in [-0.2, 0) is 9.59 Å². The molecule has 1 fully saturated rings. The van der Waals surface area contributed by atoms with Crippen LogP contribution in [0.2, 0.25) is 0 Å². The van der Waals surface area contributed by atoms with E-state index in [0.717, 1.165) is 15.7 Å². The zero-order chi connectivity index (χ0) is 18.0. The fourth-order valence-electron chi connectivity index (χ4n) is 2.88. The normalized spacial score (nSPS) is 16.6. The average Bonchev–Trinajstić information content (AvgIpc) is 2.99. The van der Waals surface area contributed by atoms with Crippen molar-refractivity contribution >= 4 is 39.1 Å². The van der Waals surface area contributed by atoms with Gasteiger partial charge in [-0.15, -0.1) is 0 Å². The van der Waals surface area contributed by atoms with Crippen LogP contribution in [-0.4, -0.2) is 18.4 Å². The highest BCUT2D eigenvalue weighted by Gasteiger charge is 2.35. The SMILES string of the molecule is Cc1cc(Br)ccc1NC(=O)C1CC(=O)N(c2cccc(C#N)c2)C1. The first-order valence-corrected chi connectivity index (χ1v) is 8.65. The number of halogens is 1. The van der Waals surface area contributed by atoms with Gasteiger partial charge < -0.3 is 10.2 Å². The van der Waals surface area contributed by atoms with Crippen molar-refractivity contribution in [2.24, 2.45) is 5.92 Å². The molecule has 1 aliphatic rings. The van der Waals surface area contributed by atoms with Crippen molar-refractivity contribution in [3.63, 3.8) is 0 Å². The van der Waals surface area contributed by atoms with Crippen molar-refractivity contribution in [2.45, 2.75) is 13.3 Å². The first-order valence-electron chi connectivity index (χ1n) is 7.85. The lowest BCUT2D eigenvalue weighted by Crippen LogP contribution is -2.28. The van der Waals surface area contributed by atoms with E-state index in [4.69, 9.17) is 5.26 Å². The third kappa shape index (κ3) is 3.72. The third-order valence-electron chi connectivity index (χ3n) is 4.23. The molecule has 1 heterocycles. The lowest BCUT2D eigenvalue weighted by Gasteiger charge is -2.17. The minimum Gasteiger partial charge on any atom is -0.326 e. The van der Waals surface area contributed by atoms with Gasteiger partial charge in [-0.3, -0.25) is 9.59 Å². The molecular weight excluding hydrogens is 382 g/mol. The highest BCUT2D eigenvalue weighted by Crippen LogP contribution is 2.27. The number of aryl methyl sites for hydroxylation is 1. The second kappa shape index (κ2) is 7.08. The quantitative estimate of drug-likeness (QED) is 0.859. The van der Waals surface area contributed by atoms with Gasteiger partial charge in [0, 0.05) is 28.8 Å². The summed E-state index contributed by atoms with van der Waals surface area (Å²) in [6.07, 6.45) is 0.165. The Labute approximate surface area is 154 Å². The number of nitrogens with zero attached hydrogens (tertiary/aromatic N) is 2. The first kappa shape index (κ1) is 17.2. The second-order valence-corrected chi connectivity index (χ2v) is 6.93. The van der Waals surface area contributed by atoms with Gasteiger partial charge >= 0.3 is 0 Å². The van der Waals surface area contributed by atoms with Gasteiger partial charge in [-0.05, 0) is 48.9 Å². The number of hydrogen-bond acceptors (Lipinski definition) is 3. The summed E-state index contributed by atoms with van der Waals surface area (Å²) in [5.74, 6) is -0.693. The van der Waals surface area contributed by atoms with Gasteiger partial charge in [0.1, 0.15) is 0 Å². The van der Waals surface area contributed by atoms with Crippen LogP contribution in [0.4, 0.5) is 11.4 Å². The molecule has 0 aliphatic carbocycles. The van der Waals surface area contributed by atoms with Gasteiger partial charge in [-0.25, -0.2) is 0 Å². The smallest absolute Gasteiger partial charge is 0.229 e. The number of carbonyl (C=O) groups is 2. The Hall–Kier alpha value is -2.65. The summed E-state index contributed by atoms with van der Waals surface area (Å²) in [7, 11) is 0. The molecule has 0 bridgehead atoms. The van der Waals surface area contributed by atoms with Crippen LogP contribution < -0.4 is 10.2 Å². The van der Waals surface area contributed by atoms with Crippen molar-refractivity contribution in [2.75, 3.05) is 16.8 Å². The Morgan fingerprint density at radius 2 is 2.12 bits per heavy atom. The monoisotopic (exact) mass is 397 g/mol. The summed E-state index contributed by atoms with van der Waals surface area (Å²) < 4.78 is 0.947. The molecule has 2 aromatic carbocycles. The van der Waals surface area contributed by atoms with E-state index in [1.807, 2.05) is 25.1 Å². The van der Waals surface area contributed by atoms with Crippen molar-refractivity contribution in [3.8, 4) is 6.07 Å². The molecule has 1 N–H and O–H groups in total.